The molecule has 0 amide bonds. The van der Waals surface area contributed by atoms with Crippen LogP contribution in [0.3, 0.4) is 0 Å². The van der Waals surface area contributed by atoms with E-state index in [4.69, 9.17) is 4.74 Å². The first-order valence-electron chi connectivity index (χ1n) is 11.0. The van der Waals surface area contributed by atoms with E-state index in [9.17, 15) is 14.0 Å². The van der Waals surface area contributed by atoms with Gasteiger partial charge >= 0.3 is 5.97 Å². The van der Waals surface area contributed by atoms with E-state index in [1.807, 2.05) is 44.2 Å². The number of fused-ring (bicyclic) bond motifs is 1. The molecule has 2 unspecified atom stereocenters. The number of carbonyl (C=O) groups excluding carboxylic acids is 2. The molecule has 0 spiro atoms. The predicted octanol–water partition coefficient (Wildman–Crippen LogP) is 5.43. The highest BCUT2D eigenvalue weighted by molar-refractivity contribution is 6.12. The second-order valence-electron chi connectivity index (χ2n) is 9.43. The fraction of sp³-hybridized carbons (Fsp3) is 0.370. The number of ether oxygens (including phenoxy) is 1. The molecule has 2 aromatic rings. The van der Waals surface area contributed by atoms with Gasteiger partial charge in [-0.1, -0.05) is 62.4 Å². The van der Waals surface area contributed by atoms with Gasteiger partial charge in [0.05, 0.1) is 18.1 Å². The molecule has 0 N–H and O–H groups in total. The quantitative estimate of drug-likeness (QED) is 0.591. The van der Waals surface area contributed by atoms with Gasteiger partial charge in [-0.15, -0.1) is 0 Å². The zero-order valence-corrected chi connectivity index (χ0v) is 18.7. The largest absolute Gasteiger partial charge is 0.462 e. The molecule has 2 atom stereocenters. The van der Waals surface area contributed by atoms with Gasteiger partial charge in [-0.25, -0.2) is 9.18 Å². The van der Waals surface area contributed by atoms with Crippen molar-refractivity contribution in [2.24, 2.45) is 16.3 Å². The topological polar surface area (TPSA) is 55.7 Å². The van der Waals surface area contributed by atoms with Gasteiger partial charge in [-0.2, -0.15) is 0 Å². The Hall–Kier alpha value is -3.08. The molecule has 5 heteroatoms. The van der Waals surface area contributed by atoms with E-state index in [-0.39, 0.29) is 23.4 Å². The first kappa shape index (κ1) is 22.1. The molecule has 166 valence electrons. The molecule has 2 aliphatic rings. The fourth-order valence-electron chi connectivity index (χ4n) is 4.91. The Balaban J connectivity index is 1.69. The van der Waals surface area contributed by atoms with E-state index >= 15 is 0 Å². The van der Waals surface area contributed by atoms with Crippen LogP contribution in [0, 0.1) is 17.2 Å². The molecular formula is C27H28FNO3. The maximum Gasteiger partial charge on any atom is 0.336 e. The monoisotopic (exact) mass is 433 g/mol. The maximum atomic E-state index is 14.9. The summed E-state index contributed by atoms with van der Waals surface area (Å²) < 4.78 is 20.5. The second-order valence-corrected chi connectivity index (χ2v) is 9.43. The lowest BCUT2D eigenvalue weighted by molar-refractivity contribution is -0.139. The third-order valence-electron chi connectivity index (χ3n) is 6.29. The molecule has 0 bridgehead atoms. The number of ketones is 1. The van der Waals surface area contributed by atoms with Gasteiger partial charge in [0.15, 0.2) is 0 Å². The van der Waals surface area contributed by atoms with Crippen molar-refractivity contribution in [3.63, 3.8) is 0 Å². The van der Waals surface area contributed by atoms with Gasteiger partial charge in [-0.3, -0.25) is 9.79 Å². The van der Waals surface area contributed by atoms with Crippen LogP contribution in [0.15, 0.2) is 70.9 Å². The smallest absolute Gasteiger partial charge is 0.336 e. The summed E-state index contributed by atoms with van der Waals surface area (Å²) in [5, 5.41) is 0. The molecule has 0 radical (unpaired) electrons. The average Bonchev–Trinajstić information content (AvgIpc) is 2.73. The molecule has 1 aliphatic heterocycles. The summed E-state index contributed by atoms with van der Waals surface area (Å²) in [4.78, 5) is 31.1. The van der Waals surface area contributed by atoms with E-state index in [1.165, 1.54) is 6.07 Å². The van der Waals surface area contributed by atoms with E-state index in [0.717, 1.165) is 11.3 Å². The molecule has 0 saturated heterocycles. The third-order valence-corrected chi connectivity index (χ3v) is 6.29. The number of allylic oxidation sites excluding steroid dienone is 1. The number of hydrogen-bond acceptors (Lipinski definition) is 4. The summed E-state index contributed by atoms with van der Waals surface area (Å²) in [7, 11) is 0. The molecule has 1 aliphatic carbocycles. The third kappa shape index (κ3) is 4.43. The van der Waals surface area contributed by atoms with Crippen LogP contribution in [0.4, 0.5) is 4.39 Å². The lowest BCUT2D eigenvalue weighted by Gasteiger charge is -2.41. The van der Waals surface area contributed by atoms with Crippen LogP contribution in [0.1, 0.15) is 50.7 Å². The zero-order valence-electron chi connectivity index (χ0n) is 18.7. The standard InChI is InChI=1S/C27H28FNO3/c1-17-23(26(31)32-14-13-18-9-5-4-6-10-18)24(19-11-7-8-12-20(19)28)25-21(29-17)15-27(2,3)16-22(25)30/h4-12,24-25H,13-16H2,1-3H3. The summed E-state index contributed by atoms with van der Waals surface area (Å²) in [6, 6.07) is 16.1. The van der Waals surface area contributed by atoms with Crippen LogP contribution >= 0.6 is 0 Å². The Morgan fingerprint density at radius 1 is 1.06 bits per heavy atom. The molecule has 32 heavy (non-hydrogen) atoms. The van der Waals surface area contributed by atoms with Crippen molar-refractivity contribution in [1.29, 1.82) is 0 Å². The summed E-state index contributed by atoms with van der Waals surface area (Å²) in [5.41, 5.74) is 2.71. The van der Waals surface area contributed by atoms with Gasteiger partial charge in [-0.05, 0) is 36.0 Å². The van der Waals surface area contributed by atoms with Crippen molar-refractivity contribution < 1.29 is 18.7 Å². The van der Waals surface area contributed by atoms with E-state index in [1.54, 1.807) is 25.1 Å². The SMILES string of the molecule is CC1=C(C(=O)OCCc2ccccc2)C(c2ccccc2F)C2C(=O)CC(C)(C)CC2=N1. The Bertz CT molecular complexity index is 1100. The van der Waals surface area contributed by atoms with Crippen molar-refractivity contribution in [2.75, 3.05) is 6.61 Å². The minimum absolute atomic E-state index is 0.00432. The Morgan fingerprint density at radius 2 is 1.75 bits per heavy atom. The van der Waals surface area contributed by atoms with Crippen LogP contribution in [-0.4, -0.2) is 24.1 Å². The van der Waals surface area contributed by atoms with Gasteiger partial charge in [0.1, 0.15) is 11.6 Å². The van der Waals surface area contributed by atoms with Gasteiger partial charge in [0.25, 0.3) is 0 Å². The number of Topliss-reactive ketones (excluding diaryl/α,β-unsaturated/α-hetero) is 1. The molecule has 1 heterocycles. The lowest BCUT2D eigenvalue weighted by Crippen LogP contribution is -2.44. The Labute approximate surface area is 188 Å². The van der Waals surface area contributed by atoms with Crippen LogP contribution in [0.25, 0.3) is 0 Å². The lowest BCUT2D eigenvalue weighted by atomic mass is 9.63. The minimum atomic E-state index is -0.725. The number of halogens is 1. The zero-order chi connectivity index (χ0) is 22.9. The highest BCUT2D eigenvalue weighted by atomic mass is 19.1. The average molecular weight is 434 g/mol. The maximum absolute atomic E-state index is 14.9. The summed E-state index contributed by atoms with van der Waals surface area (Å²) in [6.07, 6.45) is 1.59. The number of rotatable bonds is 5. The fourth-order valence-corrected chi connectivity index (χ4v) is 4.91. The molecule has 0 aromatic heterocycles. The molecule has 1 fully saturated rings. The van der Waals surface area contributed by atoms with Crippen molar-refractivity contribution in [3.8, 4) is 0 Å². The molecule has 4 rings (SSSR count). The molecule has 2 aromatic carbocycles. The van der Waals surface area contributed by atoms with E-state index in [2.05, 4.69) is 4.99 Å². The van der Waals surface area contributed by atoms with Gasteiger partial charge < -0.3 is 4.74 Å². The predicted molar refractivity (Wildman–Crippen MR) is 122 cm³/mol. The minimum Gasteiger partial charge on any atom is -0.462 e. The molecule has 4 nitrogen and oxygen atoms in total. The highest BCUT2D eigenvalue weighted by Crippen LogP contribution is 2.47. The van der Waals surface area contributed by atoms with Gasteiger partial charge in [0.2, 0.25) is 0 Å². The van der Waals surface area contributed by atoms with Crippen molar-refractivity contribution in [2.45, 2.75) is 46.0 Å². The van der Waals surface area contributed by atoms with Crippen LogP contribution in [-0.2, 0) is 20.7 Å². The van der Waals surface area contributed by atoms with Gasteiger partial charge in [0, 0.05) is 30.2 Å². The van der Waals surface area contributed by atoms with E-state index < -0.39 is 23.6 Å². The summed E-state index contributed by atoms with van der Waals surface area (Å²) in [5.74, 6) is -2.34. The summed E-state index contributed by atoms with van der Waals surface area (Å²) in [6.45, 7) is 6.02. The Morgan fingerprint density at radius 3 is 2.47 bits per heavy atom. The first-order chi connectivity index (χ1) is 15.3. The van der Waals surface area contributed by atoms with Crippen LogP contribution in [0.5, 0.6) is 0 Å². The number of nitrogens with zero attached hydrogens (tertiary/aromatic N) is 1. The van der Waals surface area contributed by atoms with E-state index in [0.29, 0.717) is 30.5 Å². The number of benzene rings is 2. The normalized spacial score (nSPS) is 22.2. The van der Waals surface area contributed by atoms with Crippen LogP contribution < -0.4 is 0 Å². The second kappa shape index (κ2) is 8.81. The number of carbonyl (C=O) groups is 2. The number of esters is 1. The highest BCUT2D eigenvalue weighted by Gasteiger charge is 2.48. The van der Waals surface area contributed by atoms with Crippen LogP contribution in [0.2, 0.25) is 0 Å². The first-order valence-corrected chi connectivity index (χ1v) is 11.0. The molecular weight excluding hydrogens is 405 g/mol. The Kier molecular flexibility index (Phi) is 6.09. The van der Waals surface area contributed by atoms with Crippen molar-refractivity contribution in [1.82, 2.24) is 0 Å². The van der Waals surface area contributed by atoms with Crippen molar-refractivity contribution in [3.05, 3.63) is 82.8 Å². The van der Waals surface area contributed by atoms with Crippen molar-refractivity contribution >= 4 is 17.5 Å². The number of aliphatic imine (C=N–C) groups is 1. The molecule has 1 saturated carbocycles. The number of hydrogen-bond donors (Lipinski definition) is 0. The summed E-state index contributed by atoms with van der Waals surface area (Å²) >= 11 is 0.